The normalized spacial score (nSPS) is 29.9. The molecule has 2 aliphatic carbocycles. The van der Waals surface area contributed by atoms with Crippen LogP contribution < -0.4 is 5.32 Å². The molecular weight excluding hydrogens is 280 g/mol. The Balaban J connectivity index is 1.67. The third-order valence-corrected chi connectivity index (χ3v) is 6.07. The molecule has 114 valence electrons. The molecule has 1 amide bonds. The van der Waals surface area contributed by atoms with Gasteiger partial charge in [0.25, 0.3) is 0 Å². The number of rotatable bonds is 5. The third kappa shape index (κ3) is 2.42. The molecule has 2 saturated carbocycles. The van der Waals surface area contributed by atoms with Crippen LogP contribution in [0.1, 0.15) is 50.6 Å². The molecule has 0 bridgehead atoms. The second-order valence-electron chi connectivity index (χ2n) is 7.22. The van der Waals surface area contributed by atoms with Gasteiger partial charge in [-0.1, -0.05) is 19.9 Å². The summed E-state index contributed by atoms with van der Waals surface area (Å²) >= 11 is 1.76. The van der Waals surface area contributed by atoms with Crippen molar-refractivity contribution in [3.05, 3.63) is 22.4 Å². The summed E-state index contributed by atoms with van der Waals surface area (Å²) in [6, 6.07) is 4.73. The zero-order chi connectivity index (χ0) is 14.6. The first kappa shape index (κ1) is 13.8. The fraction of sp³-hybridized carbons (Fsp3) is 0.706. The highest BCUT2D eigenvalue weighted by molar-refractivity contribution is 7.10. The number of carbonyl (C=O) groups excluding carboxylic acids is 1. The maximum absolute atomic E-state index is 13.0. The van der Waals surface area contributed by atoms with Crippen LogP contribution in [0.15, 0.2) is 17.5 Å². The summed E-state index contributed by atoms with van der Waals surface area (Å²) in [6.07, 6.45) is 5.36. The van der Waals surface area contributed by atoms with Gasteiger partial charge in [0.1, 0.15) is 6.17 Å². The SMILES string of the molecule is CC(C)C1NC(c2cccs2)N(C(C2CC2)C2CC2)C1=O. The second-order valence-corrected chi connectivity index (χ2v) is 8.20. The third-order valence-electron chi connectivity index (χ3n) is 5.15. The summed E-state index contributed by atoms with van der Waals surface area (Å²) in [7, 11) is 0. The quantitative estimate of drug-likeness (QED) is 0.904. The maximum Gasteiger partial charge on any atom is 0.241 e. The van der Waals surface area contributed by atoms with Gasteiger partial charge in [-0.05, 0) is 54.9 Å². The fourth-order valence-electron chi connectivity index (χ4n) is 3.79. The Morgan fingerprint density at radius 3 is 2.38 bits per heavy atom. The Morgan fingerprint density at radius 2 is 1.90 bits per heavy atom. The van der Waals surface area contributed by atoms with Crippen LogP contribution >= 0.6 is 11.3 Å². The monoisotopic (exact) mass is 304 g/mol. The van der Waals surface area contributed by atoms with Crippen molar-refractivity contribution in [3.8, 4) is 0 Å². The molecule has 2 atom stereocenters. The average molecular weight is 304 g/mol. The first-order valence-corrected chi connectivity index (χ1v) is 9.16. The van der Waals surface area contributed by atoms with Gasteiger partial charge < -0.3 is 4.90 Å². The van der Waals surface area contributed by atoms with Gasteiger partial charge in [0.15, 0.2) is 0 Å². The van der Waals surface area contributed by atoms with Crippen LogP contribution in [0.4, 0.5) is 0 Å². The van der Waals surface area contributed by atoms with Gasteiger partial charge >= 0.3 is 0 Å². The minimum Gasteiger partial charge on any atom is -0.317 e. The van der Waals surface area contributed by atoms with Crippen molar-refractivity contribution in [2.75, 3.05) is 0 Å². The van der Waals surface area contributed by atoms with E-state index in [1.807, 2.05) is 0 Å². The van der Waals surface area contributed by atoms with Crippen molar-refractivity contribution in [1.29, 1.82) is 0 Å². The van der Waals surface area contributed by atoms with Crippen LogP contribution in [0.2, 0.25) is 0 Å². The zero-order valence-electron chi connectivity index (χ0n) is 12.8. The summed E-state index contributed by atoms with van der Waals surface area (Å²) in [6.45, 7) is 4.29. The van der Waals surface area contributed by atoms with Gasteiger partial charge in [0.05, 0.1) is 6.04 Å². The van der Waals surface area contributed by atoms with Gasteiger partial charge in [0, 0.05) is 10.9 Å². The molecule has 0 spiro atoms. The van der Waals surface area contributed by atoms with E-state index in [9.17, 15) is 4.79 Å². The summed E-state index contributed by atoms with van der Waals surface area (Å²) in [4.78, 5) is 16.6. The Labute approximate surface area is 130 Å². The van der Waals surface area contributed by atoms with Crippen LogP contribution in [0.25, 0.3) is 0 Å². The molecule has 1 N–H and O–H groups in total. The van der Waals surface area contributed by atoms with Crippen molar-refractivity contribution in [3.63, 3.8) is 0 Å². The Morgan fingerprint density at radius 1 is 1.24 bits per heavy atom. The predicted octanol–water partition coefficient (Wildman–Crippen LogP) is 3.39. The molecule has 0 aromatic carbocycles. The molecule has 2 unspecified atom stereocenters. The molecule has 1 saturated heterocycles. The minimum atomic E-state index is -0.0166. The van der Waals surface area contributed by atoms with Crippen molar-refractivity contribution in [2.24, 2.45) is 17.8 Å². The molecular formula is C17H24N2OS. The van der Waals surface area contributed by atoms with E-state index in [4.69, 9.17) is 0 Å². The highest BCUT2D eigenvalue weighted by atomic mass is 32.1. The smallest absolute Gasteiger partial charge is 0.241 e. The lowest BCUT2D eigenvalue weighted by Gasteiger charge is -2.33. The molecule has 1 aliphatic heterocycles. The standard InChI is InChI=1S/C17H24N2OS/c1-10(2)14-17(20)19(15(11-5-6-11)12-7-8-12)16(18-14)13-4-3-9-21-13/h3-4,9-12,14-16,18H,5-8H2,1-2H3. The van der Waals surface area contributed by atoms with Gasteiger partial charge in [0.2, 0.25) is 5.91 Å². The molecule has 1 aromatic rings. The first-order valence-electron chi connectivity index (χ1n) is 8.28. The molecule has 3 nitrogen and oxygen atoms in total. The van der Waals surface area contributed by atoms with Crippen LogP contribution in [0.3, 0.4) is 0 Å². The summed E-state index contributed by atoms with van der Waals surface area (Å²) in [5.41, 5.74) is 0. The van der Waals surface area contributed by atoms with Crippen molar-refractivity contribution < 1.29 is 4.79 Å². The molecule has 0 radical (unpaired) electrons. The number of carbonyl (C=O) groups is 1. The predicted molar refractivity (Wildman–Crippen MR) is 84.9 cm³/mol. The van der Waals surface area contributed by atoms with E-state index >= 15 is 0 Å². The second kappa shape index (κ2) is 5.10. The number of thiophene rings is 1. The van der Waals surface area contributed by atoms with Crippen molar-refractivity contribution in [1.82, 2.24) is 10.2 Å². The van der Waals surface area contributed by atoms with Crippen molar-refractivity contribution in [2.45, 2.75) is 57.8 Å². The molecule has 1 aromatic heterocycles. The largest absolute Gasteiger partial charge is 0.317 e. The van der Waals surface area contributed by atoms with E-state index in [1.54, 1.807) is 11.3 Å². The van der Waals surface area contributed by atoms with E-state index < -0.39 is 0 Å². The number of nitrogens with one attached hydrogen (secondary N) is 1. The first-order chi connectivity index (χ1) is 10.2. The van der Waals surface area contributed by atoms with E-state index in [0.29, 0.717) is 17.9 Å². The Hall–Kier alpha value is -0.870. The molecule has 2 heterocycles. The Bertz CT molecular complexity index is 507. The minimum absolute atomic E-state index is 0.0166. The van der Waals surface area contributed by atoms with E-state index in [-0.39, 0.29) is 12.2 Å². The summed E-state index contributed by atoms with van der Waals surface area (Å²) < 4.78 is 0. The highest BCUT2D eigenvalue weighted by Crippen LogP contribution is 2.50. The maximum atomic E-state index is 13.0. The fourth-order valence-corrected chi connectivity index (χ4v) is 4.57. The van der Waals surface area contributed by atoms with Gasteiger partial charge in [-0.15, -0.1) is 11.3 Å². The summed E-state index contributed by atoms with van der Waals surface area (Å²) in [5.74, 6) is 2.21. The number of hydrogen-bond acceptors (Lipinski definition) is 3. The van der Waals surface area contributed by atoms with Gasteiger partial charge in [-0.25, -0.2) is 0 Å². The number of nitrogens with zero attached hydrogens (tertiary/aromatic N) is 1. The molecule has 21 heavy (non-hydrogen) atoms. The van der Waals surface area contributed by atoms with Gasteiger partial charge in [-0.2, -0.15) is 0 Å². The number of hydrogen-bond donors (Lipinski definition) is 1. The molecule has 3 aliphatic rings. The zero-order valence-corrected chi connectivity index (χ0v) is 13.6. The number of amides is 1. The molecule has 3 fully saturated rings. The average Bonchev–Trinajstić information content (AvgIpc) is 3.36. The molecule has 4 heteroatoms. The Kier molecular flexibility index (Phi) is 3.34. The lowest BCUT2D eigenvalue weighted by Crippen LogP contribution is -2.43. The lowest BCUT2D eigenvalue weighted by molar-refractivity contribution is -0.134. The van der Waals surface area contributed by atoms with Crippen LogP contribution in [-0.4, -0.2) is 22.9 Å². The van der Waals surface area contributed by atoms with E-state index in [0.717, 1.165) is 11.8 Å². The summed E-state index contributed by atoms with van der Waals surface area (Å²) in [5, 5.41) is 5.74. The van der Waals surface area contributed by atoms with Crippen LogP contribution in [0.5, 0.6) is 0 Å². The lowest BCUT2D eigenvalue weighted by atomic mass is 10.0. The van der Waals surface area contributed by atoms with Crippen LogP contribution in [-0.2, 0) is 4.79 Å². The van der Waals surface area contributed by atoms with E-state index in [1.165, 1.54) is 30.6 Å². The molecule has 4 rings (SSSR count). The highest BCUT2D eigenvalue weighted by Gasteiger charge is 2.53. The van der Waals surface area contributed by atoms with Gasteiger partial charge in [-0.3, -0.25) is 10.1 Å². The topological polar surface area (TPSA) is 32.3 Å². The van der Waals surface area contributed by atoms with Crippen molar-refractivity contribution >= 4 is 17.2 Å². The van der Waals surface area contributed by atoms with Crippen LogP contribution in [0, 0.1) is 17.8 Å². The van der Waals surface area contributed by atoms with E-state index in [2.05, 4.69) is 41.6 Å².